The highest BCUT2D eigenvalue weighted by molar-refractivity contribution is 6.01. The van der Waals surface area contributed by atoms with Gasteiger partial charge in [0.25, 0.3) is 0 Å². The molecule has 1 heteroatoms. The molecule has 0 unspecified atom stereocenters. The molecule has 0 saturated heterocycles. The van der Waals surface area contributed by atoms with Gasteiger partial charge in [-0.25, -0.2) is 0 Å². The number of rotatable bonds is 1. The van der Waals surface area contributed by atoms with E-state index in [0.717, 1.165) is 6.42 Å². The molecule has 0 aliphatic carbocycles. The molecular weight excluding hydrogens is 170 g/mol. The van der Waals surface area contributed by atoms with Gasteiger partial charge in [0.05, 0.1) is 5.54 Å². The van der Waals surface area contributed by atoms with Crippen LogP contribution >= 0.6 is 0 Å². The van der Waals surface area contributed by atoms with Gasteiger partial charge in [-0.15, -0.1) is 0 Å². The molecule has 0 saturated carbocycles. The number of hydrogen-bond donors (Lipinski definition) is 0. The number of aliphatic imine (C=N–C) groups is 1. The largest absolute Gasteiger partial charge is 0.283 e. The molecule has 0 aromatic heterocycles. The van der Waals surface area contributed by atoms with Crippen LogP contribution in [0.15, 0.2) is 35.3 Å². The van der Waals surface area contributed by atoms with Gasteiger partial charge < -0.3 is 0 Å². The molecule has 1 nitrogen and oxygen atoms in total. The van der Waals surface area contributed by atoms with Crippen LogP contribution in [0.5, 0.6) is 0 Å². The molecule has 0 fully saturated rings. The molecule has 1 aliphatic rings. The average Bonchev–Trinajstić information content (AvgIpc) is 2.18. The zero-order valence-electron chi connectivity index (χ0n) is 8.96. The van der Waals surface area contributed by atoms with Crippen LogP contribution in [0, 0.1) is 0 Å². The molecule has 1 aromatic rings. The van der Waals surface area contributed by atoms with E-state index in [2.05, 4.69) is 44.2 Å². The van der Waals surface area contributed by atoms with Crippen LogP contribution in [-0.2, 0) is 0 Å². The van der Waals surface area contributed by atoms with Crippen LogP contribution in [0.3, 0.4) is 0 Å². The third-order valence-electron chi connectivity index (χ3n) is 2.75. The van der Waals surface area contributed by atoms with E-state index in [1.165, 1.54) is 24.1 Å². The lowest BCUT2D eigenvalue weighted by molar-refractivity contribution is 0.448. The SMILES string of the molecule is CC1(C)CCCC(c2ccccc2)=N1. The number of benzene rings is 1. The van der Waals surface area contributed by atoms with Crippen molar-refractivity contribution in [1.29, 1.82) is 0 Å². The van der Waals surface area contributed by atoms with Gasteiger partial charge in [0.1, 0.15) is 0 Å². The Morgan fingerprint density at radius 1 is 1.14 bits per heavy atom. The molecule has 1 heterocycles. The second-order valence-corrected chi connectivity index (χ2v) is 4.59. The first-order valence-electron chi connectivity index (χ1n) is 5.32. The molecule has 0 bridgehead atoms. The molecule has 0 atom stereocenters. The summed E-state index contributed by atoms with van der Waals surface area (Å²) in [6.45, 7) is 4.43. The summed E-state index contributed by atoms with van der Waals surface area (Å²) in [7, 11) is 0. The van der Waals surface area contributed by atoms with Crippen molar-refractivity contribution < 1.29 is 0 Å². The maximum absolute atomic E-state index is 4.80. The standard InChI is InChI=1S/C13H17N/c1-13(2)10-6-9-12(14-13)11-7-4-3-5-8-11/h3-5,7-8H,6,9-10H2,1-2H3. The van der Waals surface area contributed by atoms with Crippen molar-refractivity contribution in [1.82, 2.24) is 0 Å². The van der Waals surface area contributed by atoms with Gasteiger partial charge in [-0.05, 0) is 38.7 Å². The van der Waals surface area contributed by atoms with Crippen LogP contribution in [0.2, 0.25) is 0 Å². The van der Waals surface area contributed by atoms with Gasteiger partial charge in [0, 0.05) is 5.71 Å². The lowest BCUT2D eigenvalue weighted by Crippen LogP contribution is -2.24. The molecule has 0 spiro atoms. The highest BCUT2D eigenvalue weighted by Gasteiger charge is 2.22. The summed E-state index contributed by atoms with van der Waals surface area (Å²) in [4.78, 5) is 4.80. The molecule has 1 aromatic carbocycles. The zero-order valence-corrected chi connectivity index (χ0v) is 8.96. The maximum atomic E-state index is 4.80. The Bertz CT molecular complexity index is 336. The van der Waals surface area contributed by atoms with Crippen LogP contribution < -0.4 is 0 Å². The van der Waals surface area contributed by atoms with Gasteiger partial charge in [-0.1, -0.05) is 30.3 Å². The molecule has 0 radical (unpaired) electrons. The first-order valence-corrected chi connectivity index (χ1v) is 5.32. The minimum absolute atomic E-state index is 0.142. The first kappa shape index (κ1) is 9.45. The molecular formula is C13H17N. The fourth-order valence-electron chi connectivity index (χ4n) is 2.01. The van der Waals surface area contributed by atoms with Crippen molar-refractivity contribution in [2.75, 3.05) is 0 Å². The second-order valence-electron chi connectivity index (χ2n) is 4.59. The van der Waals surface area contributed by atoms with Crippen LogP contribution in [0.4, 0.5) is 0 Å². The molecule has 74 valence electrons. The van der Waals surface area contributed by atoms with Gasteiger partial charge in [0.15, 0.2) is 0 Å². The molecule has 0 N–H and O–H groups in total. The van der Waals surface area contributed by atoms with E-state index >= 15 is 0 Å². The average molecular weight is 187 g/mol. The van der Waals surface area contributed by atoms with Crippen molar-refractivity contribution in [3.05, 3.63) is 35.9 Å². The monoisotopic (exact) mass is 187 g/mol. The molecule has 14 heavy (non-hydrogen) atoms. The second kappa shape index (κ2) is 3.56. The number of hydrogen-bond acceptors (Lipinski definition) is 1. The van der Waals surface area contributed by atoms with Gasteiger partial charge in [0.2, 0.25) is 0 Å². The predicted octanol–water partition coefficient (Wildman–Crippen LogP) is 3.44. The summed E-state index contributed by atoms with van der Waals surface area (Å²) in [6.07, 6.45) is 3.61. The highest BCUT2D eigenvalue weighted by Crippen LogP contribution is 2.26. The Morgan fingerprint density at radius 3 is 2.50 bits per heavy atom. The maximum Gasteiger partial charge on any atom is 0.0555 e. The summed E-state index contributed by atoms with van der Waals surface area (Å²) in [5, 5.41) is 0. The smallest absolute Gasteiger partial charge is 0.0555 e. The first-order chi connectivity index (χ1) is 6.67. The van der Waals surface area contributed by atoms with Crippen molar-refractivity contribution in [2.24, 2.45) is 4.99 Å². The fourth-order valence-corrected chi connectivity index (χ4v) is 2.01. The molecule has 2 rings (SSSR count). The van der Waals surface area contributed by atoms with E-state index in [1.54, 1.807) is 0 Å². The summed E-state index contributed by atoms with van der Waals surface area (Å²) >= 11 is 0. The Balaban J connectivity index is 2.31. The quantitative estimate of drug-likeness (QED) is 0.638. The number of nitrogens with zero attached hydrogens (tertiary/aromatic N) is 1. The van der Waals surface area contributed by atoms with Gasteiger partial charge in [-0.3, -0.25) is 4.99 Å². The van der Waals surface area contributed by atoms with Crippen LogP contribution in [-0.4, -0.2) is 11.3 Å². The van der Waals surface area contributed by atoms with E-state index in [4.69, 9.17) is 4.99 Å². The van der Waals surface area contributed by atoms with E-state index in [-0.39, 0.29) is 5.54 Å². The zero-order chi connectivity index (χ0) is 10.0. The van der Waals surface area contributed by atoms with Gasteiger partial charge >= 0.3 is 0 Å². The third kappa shape index (κ3) is 2.03. The third-order valence-corrected chi connectivity index (χ3v) is 2.75. The Hall–Kier alpha value is -1.11. The lowest BCUT2D eigenvalue weighted by atomic mass is 9.91. The Kier molecular flexibility index (Phi) is 2.40. The summed E-state index contributed by atoms with van der Waals surface area (Å²) in [5.41, 5.74) is 2.71. The van der Waals surface area contributed by atoms with Crippen molar-refractivity contribution >= 4 is 5.71 Å². The fraction of sp³-hybridized carbons (Fsp3) is 0.462. The van der Waals surface area contributed by atoms with Crippen LogP contribution in [0.25, 0.3) is 0 Å². The van der Waals surface area contributed by atoms with Gasteiger partial charge in [-0.2, -0.15) is 0 Å². The lowest BCUT2D eigenvalue weighted by Gasteiger charge is -2.26. The predicted molar refractivity (Wildman–Crippen MR) is 60.9 cm³/mol. The van der Waals surface area contributed by atoms with Crippen molar-refractivity contribution in [3.8, 4) is 0 Å². The normalized spacial score (nSPS) is 20.3. The minimum atomic E-state index is 0.142. The van der Waals surface area contributed by atoms with E-state index in [1.807, 2.05) is 0 Å². The minimum Gasteiger partial charge on any atom is -0.283 e. The van der Waals surface area contributed by atoms with E-state index < -0.39 is 0 Å². The highest BCUT2D eigenvalue weighted by atomic mass is 14.9. The molecule has 0 amide bonds. The van der Waals surface area contributed by atoms with Crippen molar-refractivity contribution in [2.45, 2.75) is 38.6 Å². The van der Waals surface area contributed by atoms with E-state index in [9.17, 15) is 0 Å². The van der Waals surface area contributed by atoms with Crippen LogP contribution in [0.1, 0.15) is 38.7 Å². The van der Waals surface area contributed by atoms with Crippen molar-refractivity contribution in [3.63, 3.8) is 0 Å². The summed E-state index contributed by atoms with van der Waals surface area (Å²) in [5.74, 6) is 0. The summed E-state index contributed by atoms with van der Waals surface area (Å²) in [6, 6.07) is 10.5. The Labute approximate surface area is 85.9 Å². The topological polar surface area (TPSA) is 12.4 Å². The Morgan fingerprint density at radius 2 is 1.86 bits per heavy atom. The van der Waals surface area contributed by atoms with E-state index in [0.29, 0.717) is 0 Å². The molecule has 1 aliphatic heterocycles. The summed E-state index contributed by atoms with van der Waals surface area (Å²) < 4.78 is 0.